The summed E-state index contributed by atoms with van der Waals surface area (Å²) in [4.78, 5) is 14.2. The Balaban J connectivity index is 1.42. The number of para-hydroxylation sites is 1. The Morgan fingerprint density at radius 1 is 1.26 bits per heavy atom. The lowest BCUT2D eigenvalue weighted by Gasteiger charge is -2.32. The summed E-state index contributed by atoms with van der Waals surface area (Å²) in [6.45, 7) is 6.49. The summed E-state index contributed by atoms with van der Waals surface area (Å²) < 4.78 is 11.0. The molecule has 23 heavy (non-hydrogen) atoms. The minimum atomic E-state index is -0.175. The molecule has 1 aromatic heterocycles. The lowest BCUT2D eigenvalue weighted by atomic mass is 10.2. The third kappa shape index (κ3) is 4.24. The molecule has 124 valence electrons. The van der Waals surface area contributed by atoms with Gasteiger partial charge in [0, 0.05) is 31.1 Å². The van der Waals surface area contributed by atoms with Gasteiger partial charge in [-0.25, -0.2) is 4.79 Å². The lowest BCUT2D eigenvalue weighted by Crippen LogP contribution is -2.48. The Labute approximate surface area is 135 Å². The third-order valence-corrected chi connectivity index (χ3v) is 4.13. The Bertz CT molecular complexity index is 616. The van der Waals surface area contributed by atoms with E-state index in [1.54, 1.807) is 0 Å². The molecule has 1 saturated heterocycles. The van der Waals surface area contributed by atoms with Crippen molar-refractivity contribution in [3.8, 4) is 0 Å². The fraction of sp³-hybridized carbons (Fsp3) is 0.471. The molecule has 2 amide bonds. The first-order valence-corrected chi connectivity index (χ1v) is 8.03. The van der Waals surface area contributed by atoms with E-state index < -0.39 is 0 Å². The number of rotatable bonds is 5. The smallest absolute Gasteiger partial charge is 0.315 e. The normalized spacial score (nSPS) is 17.1. The number of urea groups is 1. The quantitative estimate of drug-likeness (QED) is 0.884. The van der Waals surface area contributed by atoms with Gasteiger partial charge in [-0.2, -0.15) is 0 Å². The lowest BCUT2D eigenvalue weighted by molar-refractivity contribution is 0.0209. The topological polar surface area (TPSA) is 66.7 Å². The van der Waals surface area contributed by atoms with Crippen molar-refractivity contribution in [2.75, 3.05) is 32.8 Å². The molecule has 2 heterocycles. The maximum atomic E-state index is 11.9. The molecule has 0 saturated carbocycles. The standard InChI is InChI=1S/C17H23N3O3/c1-13(20-6-8-22-9-7-20)11-18-17(21)19-12-15-10-14-4-2-3-5-16(14)23-15/h2-5,10,13H,6-9,11-12H2,1H3,(H2,18,19,21). The summed E-state index contributed by atoms with van der Waals surface area (Å²) >= 11 is 0. The van der Waals surface area contributed by atoms with Gasteiger partial charge in [0.05, 0.1) is 19.8 Å². The summed E-state index contributed by atoms with van der Waals surface area (Å²) in [5.74, 6) is 0.752. The van der Waals surface area contributed by atoms with Crippen LogP contribution in [0.1, 0.15) is 12.7 Å². The molecule has 1 atom stereocenters. The van der Waals surface area contributed by atoms with Crippen LogP contribution in [0.3, 0.4) is 0 Å². The maximum Gasteiger partial charge on any atom is 0.315 e. The average Bonchev–Trinajstić information content (AvgIpc) is 3.01. The van der Waals surface area contributed by atoms with Crippen LogP contribution in [0, 0.1) is 0 Å². The van der Waals surface area contributed by atoms with Gasteiger partial charge in [-0.05, 0) is 19.1 Å². The predicted octanol–water partition coefficient (Wildman–Crippen LogP) is 1.95. The van der Waals surface area contributed by atoms with Crippen LogP contribution in [0.5, 0.6) is 0 Å². The van der Waals surface area contributed by atoms with E-state index in [4.69, 9.17) is 9.15 Å². The van der Waals surface area contributed by atoms with Crippen molar-refractivity contribution in [1.29, 1.82) is 0 Å². The average molecular weight is 317 g/mol. The minimum Gasteiger partial charge on any atom is -0.459 e. The number of ether oxygens (including phenoxy) is 1. The second kappa shape index (κ2) is 7.48. The Hall–Kier alpha value is -2.05. The number of carbonyl (C=O) groups excluding carboxylic acids is 1. The van der Waals surface area contributed by atoms with E-state index >= 15 is 0 Å². The largest absolute Gasteiger partial charge is 0.459 e. The molecule has 0 radical (unpaired) electrons. The van der Waals surface area contributed by atoms with Crippen LogP contribution in [0.2, 0.25) is 0 Å². The zero-order valence-electron chi connectivity index (χ0n) is 13.4. The minimum absolute atomic E-state index is 0.175. The Morgan fingerprint density at radius 3 is 2.83 bits per heavy atom. The molecule has 2 aromatic rings. The summed E-state index contributed by atoms with van der Waals surface area (Å²) in [6, 6.07) is 9.89. The maximum absolute atomic E-state index is 11.9. The monoisotopic (exact) mass is 317 g/mol. The number of fused-ring (bicyclic) bond motifs is 1. The highest BCUT2D eigenvalue weighted by atomic mass is 16.5. The molecule has 0 bridgehead atoms. The fourth-order valence-corrected chi connectivity index (χ4v) is 2.74. The molecular formula is C17H23N3O3. The molecule has 1 fully saturated rings. The Morgan fingerprint density at radius 2 is 2.04 bits per heavy atom. The highest BCUT2D eigenvalue weighted by Gasteiger charge is 2.17. The SMILES string of the molecule is CC(CNC(=O)NCc1cc2ccccc2o1)N1CCOCC1. The fourth-order valence-electron chi connectivity index (χ4n) is 2.74. The van der Waals surface area contributed by atoms with Crippen molar-refractivity contribution in [2.24, 2.45) is 0 Å². The highest BCUT2D eigenvalue weighted by molar-refractivity contribution is 5.78. The summed E-state index contributed by atoms with van der Waals surface area (Å²) in [5, 5.41) is 6.79. The number of nitrogens with zero attached hydrogens (tertiary/aromatic N) is 1. The van der Waals surface area contributed by atoms with Gasteiger partial charge in [0.25, 0.3) is 0 Å². The van der Waals surface area contributed by atoms with Gasteiger partial charge in [0.1, 0.15) is 11.3 Å². The number of furan rings is 1. The zero-order chi connectivity index (χ0) is 16.1. The van der Waals surface area contributed by atoms with Crippen molar-refractivity contribution >= 4 is 17.0 Å². The number of morpholine rings is 1. The van der Waals surface area contributed by atoms with Crippen molar-refractivity contribution < 1.29 is 13.9 Å². The summed E-state index contributed by atoms with van der Waals surface area (Å²) in [5.41, 5.74) is 0.839. The molecule has 1 unspecified atom stereocenters. The summed E-state index contributed by atoms with van der Waals surface area (Å²) in [7, 11) is 0. The molecule has 0 spiro atoms. The van der Waals surface area contributed by atoms with Crippen LogP contribution >= 0.6 is 0 Å². The molecule has 6 heteroatoms. The first kappa shape index (κ1) is 15.8. The van der Waals surface area contributed by atoms with E-state index in [1.165, 1.54) is 0 Å². The van der Waals surface area contributed by atoms with Crippen molar-refractivity contribution in [3.63, 3.8) is 0 Å². The van der Waals surface area contributed by atoms with E-state index in [9.17, 15) is 4.79 Å². The van der Waals surface area contributed by atoms with Crippen LogP contribution in [0.15, 0.2) is 34.7 Å². The zero-order valence-corrected chi connectivity index (χ0v) is 13.4. The van der Waals surface area contributed by atoms with Crippen molar-refractivity contribution in [3.05, 3.63) is 36.1 Å². The van der Waals surface area contributed by atoms with Crippen LogP contribution < -0.4 is 10.6 Å². The Kier molecular flexibility index (Phi) is 5.15. The van der Waals surface area contributed by atoms with Crippen LogP contribution in [-0.4, -0.2) is 49.8 Å². The van der Waals surface area contributed by atoms with Gasteiger partial charge >= 0.3 is 6.03 Å². The van der Waals surface area contributed by atoms with Gasteiger partial charge in [0.2, 0.25) is 0 Å². The molecule has 2 N–H and O–H groups in total. The highest BCUT2D eigenvalue weighted by Crippen LogP contribution is 2.18. The van der Waals surface area contributed by atoms with E-state index in [1.807, 2.05) is 30.3 Å². The van der Waals surface area contributed by atoms with E-state index in [-0.39, 0.29) is 6.03 Å². The van der Waals surface area contributed by atoms with Gasteiger partial charge in [-0.15, -0.1) is 0 Å². The molecular weight excluding hydrogens is 294 g/mol. The second-order valence-electron chi connectivity index (χ2n) is 5.81. The van der Waals surface area contributed by atoms with Gasteiger partial charge in [0.15, 0.2) is 0 Å². The van der Waals surface area contributed by atoms with E-state index in [0.717, 1.165) is 43.0 Å². The molecule has 1 aromatic carbocycles. The van der Waals surface area contributed by atoms with Gasteiger partial charge in [-0.1, -0.05) is 18.2 Å². The van der Waals surface area contributed by atoms with Crippen molar-refractivity contribution in [2.45, 2.75) is 19.5 Å². The molecule has 1 aliphatic rings. The first-order chi connectivity index (χ1) is 11.2. The van der Waals surface area contributed by atoms with Crippen LogP contribution in [0.25, 0.3) is 11.0 Å². The number of hydrogen-bond acceptors (Lipinski definition) is 4. The molecule has 3 rings (SSSR count). The predicted molar refractivity (Wildman–Crippen MR) is 88.3 cm³/mol. The van der Waals surface area contributed by atoms with Gasteiger partial charge < -0.3 is 19.8 Å². The molecule has 6 nitrogen and oxygen atoms in total. The number of amides is 2. The first-order valence-electron chi connectivity index (χ1n) is 8.03. The molecule has 1 aliphatic heterocycles. The van der Waals surface area contributed by atoms with Crippen molar-refractivity contribution in [1.82, 2.24) is 15.5 Å². The van der Waals surface area contributed by atoms with Gasteiger partial charge in [-0.3, -0.25) is 4.90 Å². The third-order valence-electron chi connectivity index (χ3n) is 4.13. The number of hydrogen-bond donors (Lipinski definition) is 2. The van der Waals surface area contributed by atoms with E-state index in [0.29, 0.717) is 19.1 Å². The van der Waals surface area contributed by atoms with Crippen LogP contribution in [0.4, 0.5) is 4.79 Å². The number of benzene rings is 1. The second-order valence-corrected chi connectivity index (χ2v) is 5.81. The molecule has 0 aliphatic carbocycles. The van der Waals surface area contributed by atoms with Crippen LogP contribution in [-0.2, 0) is 11.3 Å². The number of carbonyl (C=O) groups is 1. The summed E-state index contributed by atoms with van der Waals surface area (Å²) in [6.07, 6.45) is 0. The number of nitrogens with one attached hydrogen (secondary N) is 2. The van der Waals surface area contributed by atoms with E-state index in [2.05, 4.69) is 22.5 Å².